The Morgan fingerprint density at radius 1 is 0.979 bits per heavy atom. The molecule has 1 atom stereocenters. The first-order valence-corrected chi connectivity index (χ1v) is 16.4. The average molecular weight is 675 g/mol. The fourth-order valence-electron chi connectivity index (χ4n) is 4.93. The van der Waals surface area contributed by atoms with Crippen LogP contribution < -0.4 is 21.3 Å². The highest BCUT2D eigenvalue weighted by Gasteiger charge is 2.31. The topological polar surface area (TPSA) is 135 Å². The van der Waals surface area contributed by atoms with Gasteiger partial charge < -0.3 is 26.2 Å². The van der Waals surface area contributed by atoms with Gasteiger partial charge in [-0.25, -0.2) is 27.5 Å². The van der Waals surface area contributed by atoms with E-state index in [1.807, 2.05) is 5.32 Å². The molecule has 47 heavy (non-hydrogen) atoms. The van der Waals surface area contributed by atoms with Gasteiger partial charge in [0.25, 0.3) is 0 Å². The largest absolute Gasteiger partial charge is 0.416 e. The zero-order valence-corrected chi connectivity index (χ0v) is 25.9. The monoisotopic (exact) mass is 674 g/mol. The lowest BCUT2D eigenvalue weighted by Crippen LogP contribution is -2.26. The molecule has 0 aliphatic carbocycles. The van der Waals surface area contributed by atoms with E-state index < -0.39 is 44.8 Å². The maximum absolute atomic E-state index is 15.2. The lowest BCUT2D eigenvalue weighted by molar-refractivity contribution is -0.137. The van der Waals surface area contributed by atoms with Gasteiger partial charge in [-0.1, -0.05) is 12.1 Å². The van der Waals surface area contributed by atoms with E-state index in [0.29, 0.717) is 52.3 Å². The van der Waals surface area contributed by atoms with E-state index in [-0.39, 0.29) is 11.6 Å². The summed E-state index contributed by atoms with van der Waals surface area (Å²) in [4.78, 5) is 24.0. The van der Waals surface area contributed by atoms with E-state index in [9.17, 15) is 26.6 Å². The smallest absolute Gasteiger partial charge is 0.368 e. The summed E-state index contributed by atoms with van der Waals surface area (Å²) in [6.45, 7) is 3.27. The highest BCUT2D eigenvalue weighted by Crippen LogP contribution is 2.33. The maximum atomic E-state index is 15.2. The van der Waals surface area contributed by atoms with Gasteiger partial charge in [0.2, 0.25) is 5.95 Å². The number of aromatic nitrogens is 2. The van der Waals surface area contributed by atoms with Crippen molar-refractivity contribution in [2.45, 2.75) is 23.9 Å². The summed E-state index contributed by atoms with van der Waals surface area (Å²) in [6.07, 6.45) is 0.302. The van der Waals surface area contributed by atoms with Crippen LogP contribution in [0.5, 0.6) is 0 Å². The molecule has 1 aliphatic heterocycles. The van der Waals surface area contributed by atoms with Crippen molar-refractivity contribution < 1.29 is 31.0 Å². The van der Waals surface area contributed by atoms with E-state index in [2.05, 4.69) is 30.8 Å². The summed E-state index contributed by atoms with van der Waals surface area (Å²) in [6, 6.07) is 10.8. The molecule has 16 heteroatoms. The van der Waals surface area contributed by atoms with Crippen molar-refractivity contribution in [3.63, 3.8) is 0 Å². The number of hydrogen-bond acceptors (Lipinski definition) is 8. The quantitative estimate of drug-likeness (QED) is 0.111. The van der Waals surface area contributed by atoms with E-state index in [1.165, 1.54) is 24.6 Å². The van der Waals surface area contributed by atoms with Crippen LogP contribution in [-0.4, -0.2) is 57.5 Å². The van der Waals surface area contributed by atoms with Crippen molar-refractivity contribution in [1.29, 1.82) is 4.78 Å². The second-order valence-electron chi connectivity index (χ2n) is 10.9. The molecule has 2 heterocycles. The van der Waals surface area contributed by atoms with Crippen LogP contribution in [-0.2, 0) is 15.9 Å². The molecular weight excluding hydrogens is 643 g/mol. The molecule has 0 radical (unpaired) electrons. The van der Waals surface area contributed by atoms with Crippen LogP contribution in [0.3, 0.4) is 0 Å². The number of anilines is 5. The molecule has 0 spiro atoms. The predicted molar refractivity (Wildman–Crippen MR) is 170 cm³/mol. The van der Waals surface area contributed by atoms with Crippen LogP contribution in [0.25, 0.3) is 11.1 Å². The zero-order valence-electron chi connectivity index (χ0n) is 25.0. The van der Waals surface area contributed by atoms with Gasteiger partial charge in [0.1, 0.15) is 17.5 Å². The second-order valence-corrected chi connectivity index (χ2v) is 13.1. The van der Waals surface area contributed by atoms with Crippen molar-refractivity contribution in [2.75, 3.05) is 53.7 Å². The van der Waals surface area contributed by atoms with Crippen LogP contribution in [0.1, 0.15) is 18.4 Å². The standard InChI is InChI=1S/C31H31F5N8O2S/c1-47(37,46)22-6-4-5-21(17-22)40-29-39-18-23(28(43-29)38-11-14-44-12-2-3-13-44)19-7-10-26(25(33)15-19)41-30(45)42-27-16-20(31(34,35)36)8-9-24(27)32/h4-10,15-18,37H,2-3,11-14H2,1H3,(H2,41,42,45)(H2,38,39,40,43)/t47-/m1/s1. The molecule has 1 fully saturated rings. The summed E-state index contributed by atoms with van der Waals surface area (Å²) in [5, 5.41) is 10.5. The number of carbonyl (C=O) groups is 1. The third kappa shape index (κ3) is 8.71. The molecule has 5 rings (SSSR count). The number of nitrogens with one attached hydrogen (secondary N) is 5. The predicted octanol–water partition coefficient (Wildman–Crippen LogP) is 7.37. The Kier molecular flexibility index (Phi) is 9.91. The highest BCUT2D eigenvalue weighted by molar-refractivity contribution is 7.91. The molecule has 1 saturated heterocycles. The third-order valence-corrected chi connectivity index (χ3v) is 8.47. The molecule has 2 amide bonds. The van der Waals surface area contributed by atoms with Crippen molar-refractivity contribution in [3.8, 4) is 11.1 Å². The summed E-state index contributed by atoms with van der Waals surface area (Å²) in [5.41, 5.74) is -0.873. The number of nitrogens with zero attached hydrogens (tertiary/aromatic N) is 3. The molecule has 1 aromatic heterocycles. The number of urea groups is 1. The first-order valence-electron chi connectivity index (χ1n) is 14.4. The zero-order chi connectivity index (χ0) is 33.8. The SMILES string of the molecule is C[S@@](=N)(=O)c1cccc(Nc2ncc(-c3ccc(NC(=O)Nc4cc(C(F)(F)F)ccc4F)c(F)c3)c(NCCN3CCCC3)n2)c1. The Morgan fingerprint density at radius 2 is 1.72 bits per heavy atom. The van der Waals surface area contributed by atoms with Crippen molar-refractivity contribution >= 4 is 44.6 Å². The Morgan fingerprint density at radius 3 is 2.43 bits per heavy atom. The van der Waals surface area contributed by atoms with Gasteiger partial charge in [0.15, 0.2) is 0 Å². The van der Waals surface area contributed by atoms with E-state index in [4.69, 9.17) is 4.78 Å². The lowest BCUT2D eigenvalue weighted by Gasteiger charge is -2.17. The molecule has 4 aromatic rings. The minimum Gasteiger partial charge on any atom is -0.368 e. The first-order chi connectivity index (χ1) is 22.3. The fraction of sp³-hybridized carbons (Fsp3) is 0.258. The van der Waals surface area contributed by atoms with E-state index >= 15 is 4.39 Å². The van der Waals surface area contributed by atoms with Crippen molar-refractivity contribution in [3.05, 3.63) is 84.1 Å². The van der Waals surface area contributed by atoms with E-state index in [0.717, 1.165) is 38.5 Å². The Labute approximate surface area is 267 Å². The summed E-state index contributed by atoms with van der Waals surface area (Å²) < 4.78 is 88.4. The summed E-state index contributed by atoms with van der Waals surface area (Å²) >= 11 is 0. The number of rotatable bonds is 10. The third-order valence-electron chi connectivity index (χ3n) is 7.32. The van der Waals surface area contributed by atoms with Gasteiger partial charge >= 0.3 is 12.2 Å². The number of benzene rings is 3. The average Bonchev–Trinajstić information content (AvgIpc) is 3.52. The van der Waals surface area contributed by atoms with Crippen molar-refractivity contribution in [1.82, 2.24) is 14.9 Å². The fourth-order valence-corrected chi connectivity index (χ4v) is 5.62. The van der Waals surface area contributed by atoms with Crippen molar-refractivity contribution in [2.24, 2.45) is 0 Å². The van der Waals surface area contributed by atoms with Gasteiger partial charge in [-0.15, -0.1) is 0 Å². The van der Waals surface area contributed by atoms with Crippen LogP contribution in [0.4, 0.5) is 55.6 Å². The molecule has 10 nitrogen and oxygen atoms in total. The molecule has 248 valence electrons. The molecular formula is C31H31F5N8O2S. The second kappa shape index (κ2) is 13.9. The lowest BCUT2D eigenvalue weighted by atomic mass is 10.1. The van der Waals surface area contributed by atoms with Gasteiger partial charge in [0, 0.05) is 41.7 Å². The first kappa shape index (κ1) is 33.5. The van der Waals surface area contributed by atoms with Crippen LogP contribution in [0.15, 0.2) is 71.8 Å². The number of hydrogen-bond donors (Lipinski definition) is 5. The summed E-state index contributed by atoms with van der Waals surface area (Å²) in [7, 11) is -2.95. The van der Waals surface area contributed by atoms with Gasteiger partial charge in [-0.05, 0) is 80.0 Å². The summed E-state index contributed by atoms with van der Waals surface area (Å²) in [5.74, 6) is -1.39. The molecule has 5 N–H and O–H groups in total. The van der Waals surface area contributed by atoms with Gasteiger partial charge in [-0.2, -0.15) is 18.2 Å². The maximum Gasteiger partial charge on any atom is 0.416 e. The van der Waals surface area contributed by atoms with Gasteiger partial charge in [0.05, 0.1) is 26.7 Å². The number of amides is 2. The van der Waals surface area contributed by atoms with Crippen LogP contribution in [0, 0.1) is 16.4 Å². The Bertz CT molecular complexity index is 1880. The highest BCUT2D eigenvalue weighted by atomic mass is 32.2. The van der Waals surface area contributed by atoms with Crippen LogP contribution >= 0.6 is 0 Å². The van der Waals surface area contributed by atoms with Gasteiger partial charge in [-0.3, -0.25) is 0 Å². The Balaban J connectivity index is 1.36. The molecule has 3 aromatic carbocycles. The number of carbonyl (C=O) groups excluding carboxylic acids is 1. The normalized spacial score (nSPS) is 14.8. The number of alkyl halides is 3. The molecule has 0 unspecified atom stereocenters. The molecule has 0 bridgehead atoms. The number of halogens is 5. The Hall–Kier alpha value is -4.83. The minimum absolute atomic E-state index is 0.194. The molecule has 0 saturated carbocycles. The minimum atomic E-state index is -4.75. The van der Waals surface area contributed by atoms with Crippen LogP contribution in [0.2, 0.25) is 0 Å². The number of likely N-dealkylation sites (tertiary alicyclic amines) is 1. The molecule has 1 aliphatic rings. The van der Waals surface area contributed by atoms with E-state index in [1.54, 1.807) is 24.3 Å².